The Bertz CT molecular complexity index is 585. The van der Waals surface area contributed by atoms with Crippen molar-refractivity contribution >= 4 is 29.9 Å². The lowest BCUT2D eigenvalue weighted by Gasteiger charge is -2.18. The SMILES string of the molecule is CCCC(CCO)CNC(=NCc1ccc(C)cc1OCC1CC1)NCC.I. The van der Waals surface area contributed by atoms with E-state index in [0.717, 1.165) is 62.1 Å². The molecule has 1 saturated carbocycles. The number of aliphatic hydroxyl groups is 1. The van der Waals surface area contributed by atoms with E-state index in [4.69, 9.17) is 9.73 Å². The molecule has 6 heteroatoms. The van der Waals surface area contributed by atoms with Crippen LogP contribution in [0.5, 0.6) is 5.75 Å². The quantitative estimate of drug-likeness (QED) is 0.227. The number of halogens is 1. The Morgan fingerprint density at radius 2 is 2.04 bits per heavy atom. The first-order chi connectivity index (χ1) is 13.2. The molecule has 0 aromatic heterocycles. The summed E-state index contributed by atoms with van der Waals surface area (Å²) in [6.07, 6.45) is 5.66. The molecule has 5 nitrogen and oxygen atoms in total. The molecule has 160 valence electrons. The van der Waals surface area contributed by atoms with E-state index in [1.165, 1.54) is 18.4 Å². The summed E-state index contributed by atoms with van der Waals surface area (Å²) < 4.78 is 6.06. The number of rotatable bonds is 12. The number of hydrogen-bond acceptors (Lipinski definition) is 3. The molecular weight excluding hydrogens is 465 g/mol. The Labute approximate surface area is 187 Å². The number of nitrogens with zero attached hydrogens (tertiary/aromatic N) is 1. The predicted octanol–water partition coefficient (Wildman–Crippen LogP) is 4.26. The highest BCUT2D eigenvalue weighted by Crippen LogP contribution is 2.30. The Balaban J connectivity index is 0.00000392. The third-order valence-electron chi connectivity index (χ3n) is 4.94. The number of aliphatic imine (C=N–C) groups is 1. The van der Waals surface area contributed by atoms with Crippen molar-refractivity contribution in [2.45, 2.75) is 59.4 Å². The van der Waals surface area contributed by atoms with Gasteiger partial charge in [0.1, 0.15) is 5.75 Å². The van der Waals surface area contributed by atoms with E-state index < -0.39 is 0 Å². The summed E-state index contributed by atoms with van der Waals surface area (Å²) in [6.45, 7) is 9.66. The summed E-state index contributed by atoms with van der Waals surface area (Å²) in [5, 5.41) is 16.0. The van der Waals surface area contributed by atoms with E-state index in [-0.39, 0.29) is 30.6 Å². The Morgan fingerprint density at radius 3 is 2.68 bits per heavy atom. The van der Waals surface area contributed by atoms with Crippen LogP contribution in [0.2, 0.25) is 0 Å². The van der Waals surface area contributed by atoms with Crippen molar-refractivity contribution in [3.05, 3.63) is 29.3 Å². The van der Waals surface area contributed by atoms with E-state index in [1.54, 1.807) is 0 Å². The Morgan fingerprint density at radius 1 is 1.25 bits per heavy atom. The zero-order valence-electron chi connectivity index (χ0n) is 17.7. The summed E-state index contributed by atoms with van der Waals surface area (Å²) in [5.41, 5.74) is 2.34. The molecule has 1 aromatic carbocycles. The Kier molecular flexibility index (Phi) is 12.5. The second kappa shape index (κ2) is 14.0. The van der Waals surface area contributed by atoms with Gasteiger partial charge in [-0.05, 0) is 63.0 Å². The summed E-state index contributed by atoms with van der Waals surface area (Å²) in [4.78, 5) is 4.76. The minimum absolute atomic E-state index is 0. The second-order valence-corrected chi connectivity index (χ2v) is 7.61. The lowest BCUT2D eigenvalue weighted by atomic mass is 10.0. The Hall–Kier alpha value is -1.02. The zero-order valence-corrected chi connectivity index (χ0v) is 20.0. The van der Waals surface area contributed by atoms with Gasteiger partial charge in [0.15, 0.2) is 5.96 Å². The van der Waals surface area contributed by atoms with Crippen LogP contribution in [0.1, 0.15) is 57.1 Å². The molecule has 0 amide bonds. The monoisotopic (exact) mass is 503 g/mol. The number of aryl methyl sites for hydroxylation is 1. The van der Waals surface area contributed by atoms with Crippen LogP contribution in [-0.4, -0.2) is 37.4 Å². The van der Waals surface area contributed by atoms with Crippen LogP contribution in [0.4, 0.5) is 0 Å². The highest BCUT2D eigenvalue weighted by Gasteiger charge is 2.22. The average Bonchev–Trinajstić information content (AvgIpc) is 3.48. The van der Waals surface area contributed by atoms with Gasteiger partial charge in [-0.3, -0.25) is 0 Å². The molecule has 1 atom stereocenters. The van der Waals surface area contributed by atoms with Crippen molar-refractivity contribution in [3.63, 3.8) is 0 Å². The van der Waals surface area contributed by atoms with E-state index in [0.29, 0.717) is 12.5 Å². The van der Waals surface area contributed by atoms with E-state index in [1.807, 2.05) is 0 Å². The van der Waals surface area contributed by atoms with Gasteiger partial charge in [0, 0.05) is 25.3 Å². The van der Waals surface area contributed by atoms with Gasteiger partial charge in [0.2, 0.25) is 0 Å². The summed E-state index contributed by atoms with van der Waals surface area (Å²) in [5.74, 6) is 3.00. The summed E-state index contributed by atoms with van der Waals surface area (Å²) in [7, 11) is 0. The van der Waals surface area contributed by atoms with Crippen LogP contribution in [0, 0.1) is 18.8 Å². The van der Waals surface area contributed by atoms with Gasteiger partial charge in [-0.25, -0.2) is 4.99 Å². The van der Waals surface area contributed by atoms with Crippen molar-refractivity contribution in [1.29, 1.82) is 0 Å². The molecule has 1 fully saturated rings. The zero-order chi connectivity index (χ0) is 19.5. The van der Waals surface area contributed by atoms with Crippen LogP contribution < -0.4 is 15.4 Å². The molecule has 0 radical (unpaired) electrons. The fourth-order valence-electron chi connectivity index (χ4n) is 3.11. The highest BCUT2D eigenvalue weighted by molar-refractivity contribution is 14.0. The molecule has 2 rings (SSSR count). The lowest BCUT2D eigenvalue weighted by molar-refractivity contribution is 0.251. The van der Waals surface area contributed by atoms with Crippen LogP contribution in [0.3, 0.4) is 0 Å². The van der Waals surface area contributed by atoms with Gasteiger partial charge in [-0.15, -0.1) is 24.0 Å². The second-order valence-electron chi connectivity index (χ2n) is 7.61. The largest absolute Gasteiger partial charge is 0.493 e. The van der Waals surface area contributed by atoms with Crippen LogP contribution in [0.25, 0.3) is 0 Å². The van der Waals surface area contributed by atoms with E-state index in [9.17, 15) is 5.11 Å². The first-order valence-corrected chi connectivity index (χ1v) is 10.5. The maximum absolute atomic E-state index is 9.24. The number of guanidine groups is 1. The molecule has 0 saturated heterocycles. The van der Waals surface area contributed by atoms with Gasteiger partial charge in [-0.2, -0.15) is 0 Å². The first-order valence-electron chi connectivity index (χ1n) is 10.5. The minimum atomic E-state index is 0. The molecule has 0 bridgehead atoms. The smallest absolute Gasteiger partial charge is 0.191 e. The van der Waals surface area contributed by atoms with Crippen LogP contribution in [-0.2, 0) is 6.54 Å². The van der Waals surface area contributed by atoms with Crippen molar-refractivity contribution < 1.29 is 9.84 Å². The third-order valence-corrected chi connectivity index (χ3v) is 4.94. The molecular formula is C22H38IN3O2. The number of benzene rings is 1. The molecule has 3 N–H and O–H groups in total. The molecule has 28 heavy (non-hydrogen) atoms. The third kappa shape index (κ3) is 9.45. The summed E-state index contributed by atoms with van der Waals surface area (Å²) in [6, 6.07) is 6.36. The molecule has 1 unspecified atom stereocenters. The summed E-state index contributed by atoms with van der Waals surface area (Å²) >= 11 is 0. The van der Waals surface area contributed by atoms with E-state index >= 15 is 0 Å². The van der Waals surface area contributed by atoms with Crippen molar-refractivity contribution in [2.24, 2.45) is 16.8 Å². The van der Waals surface area contributed by atoms with Crippen molar-refractivity contribution in [3.8, 4) is 5.75 Å². The lowest BCUT2D eigenvalue weighted by Crippen LogP contribution is -2.40. The normalized spacial score (nSPS) is 14.9. The van der Waals surface area contributed by atoms with Gasteiger partial charge in [0.05, 0.1) is 13.2 Å². The van der Waals surface area contributed by atoms with Crippen molar-refractivity contribution in [1.82, 2.24) is 10.6 Å². The molecule has 0 spiro atoms. The van der Waals surface area contributed by atoms with E-state index in [2.05, 4.69) is 49.6 Å². The molecule has 1 aliphatic rings. The highest BCUT2D eigenvalue weighted by atomic mass is 127. The predicted molar refractivity (Wildman–Crippen MR) is 128 cm³/mol. The number of nitrogens with one attached hydrogen (secondary N) is 2. The van der Waals surface area contributed by atoms with Crippen LogP contribution >= 0.6 is 24.0 Å². The van der Waals surface area contributed by atoms with Gasteiger partial charge >= 0.3 is 0 Å². The van der Waals surface area contributed by atoms with Gasteiger partial charge < -0.3 is 20.5 Å². The standard InChI is InChI=1S/C22H37N3O2.HI/c1-4-6-18(11-12-26)14-24-22(23-5-2)25-15-20-10-7-17(3)13-21(20)27-16-19-8-9-19;/h7,10,13,18-19,26H,4-6,8-9,11-12,14-16H2,1-3H3,(H2,23,24,25);1H. The number of hydrogen-bond donors (Lipinski definition) is 3. The van der Waals surface area contributed by atoms with Crippen molar-refractivity contribution in [2.75, 3.05) is 26.3 Å². The molecule has 1 aromatic rings. The fourth-order valence-corrected chi connectivity index (χ4v) is 3.11. The van der Waals surface area contributed by atoms with Gasteiger partial charge in [-0.1, -0.05) is 25.5 Å². The fraction of sp³-hybridized carbons (Fsp3) is 0.682. The number of aliphatic hydroxyl groups excluding tert-OH is 1. The maximum Gasteiger partial charge on any atom is 0.191 e. The van der Waals surface area contributed by atoms with Gasteiger partial charge in [0.25, 0.3) is 0 Å². The maximum atomic E-state index is 9.24. The van der Waals surface area contributed by atoms with Crippen LogP contribution in [0.15, 0.2) is 23.2 Å². The first kappa shape index (κ1) is 25.0. The minimum Gasteiger partial charge on any atom is -0.493 e. The molecule has 1 aliphatic carbocycles. The number of ether oxygens (including phenoxy) is 1. The molecule has 0 aliphatic heterocycles. The molecule has 0 heterocycles. The topological polar surface area (TPSA) is 65.9 Å². The average molecular weight is 503 g/mol.